The molecule has 0 aliphatic rings. The first-order chi connectivity index (χ1) is 5.33. The van der Waals surface area contributed by atoms with Crippen LogP contribution in [0.25, 0.3) is 0 Å². The molecule has 0 saturated heterocycles. The Bertz CT molecular complexity index is 243. The first-order valence-corrected chi connectivity index (χ1v) is 4.32. The molecule has 11 heavy (non-hydrogen) atoms. The van der Waals surface area contributed by atoms with Crippen molar-refractivity contribution in [3.8, 4) is 0 Å². The minimum Gasteiger partial charge on any atom is -0.207 e. The molecule has 0 aromatic heterocycles. The molecule has 0 bridgehead atoms. The number of rotatable bonds is 2. The van der Waals surface area contributed by atoms with Crippen molar-refractivity contribution in [2.75, 3.05) is 0 Å². The quantitative estimate of drug-likeness (QED) is 0.639. The molecule has 1 rings (SSSR count). The fourth-order valence-corrected chi connectivity index (χ4v) is 1.27. The Balaban J connectivity index is 2.66. The largest absolute Gasteiger partial charge is 0.207 e. The molecule has 3 heteroatoms. The van der Waals surface area contributed by atoms with E-state index in [0.717, 1.165) is 4.90 Å². The number of hydrogen-bond acceptors (Lipinski definition) is 1. The first kappa shape index (κ1) is 8.62. The second kappa shape index (κ2) is 4.42. The Morgan fingerprint density at radius 2 is 1.91 bits per heavy atom. The predicted octanol–water partition coefficient (Wildman–Crippen LogP) is 3.63. The van der Waals surface area contributed by atoms with E-state index in [1.807, 2.05) is 0 Å². The molecule has 0 nitrogen and oxygen atoms in total. The van der Waals surface area contributed by atoms with Crippen LogP contribution in [-0.2, 0) is 0 Å². The van der Waals surface area contributed by atoms with Crippen molar-refractivity contribution in [3.63, 3.8) is 0 Å². The molecule has 0 spiro atoms. The van der Waals surface area contributed by atoms with E-state index in [-0.39, 0.29) is 5.82 Å². The van der Waals surface area contributed by atoms with Gasteiger partial charge in [0.2, 0.25) is 0 Å². The Morgan fingerprint density at radius 1 is 1.27 bits per heavy atom. The zero-order valence-electron chi connectivity index (χ0n) is 5.63. The SMILES string of the molecule is Fc1ccc(SC=CCl)cc1. The van der Waals surface area contributed by atoms with Crippen molar-refractivity contribution in [1.82, 2.24) is 0 Å². The lowest BCUT2D eigenvalue weighted by molar-refractivity contribution is 0.626. The second-order valence-corrected chi connectivity index (χ2v) is 3.07. The van der Waals surface area contributed by atoms with E-state index in [0.29, 0.717) is 0 Å². The molecule has 0 heterocycles. The van der Waals surface area contributed by atoms with Crippen molar-refractivity contribution >= 4 is 23.4 Å². The smallest absolute Gasteiger partial charge is 0.123 e. The number of halogens is 2. The van der Waals surface area contributed by atoms with Crippen molar-refractivity contribution in [2.24, 2.45) is 0 Å². The number of benzene rings is 1. The van der Waals surface area contributed by atoms with Crippen LogP contribution in [-0.4, -0.2) is 0 Å². The van der Waals surface area contributed by atoms with Gasteiger partial charge >= 0.3 is 0 Å². The highest BCUT2D eigenvalue weighted by Crippen LogP contribution is 2.19. The first-order valence-electron chi connectivity index (χ1n) is 3.00. The van der Waals surface area contributed by atoms with Crippen LogP contribution in [0.2, 0.25) is 0 Å². The van der Waals surface area contributed by atoms with E-state index in [4.69, 9.17) is 11.6 Å². The molecular weight excluding hydrogens is 183 g/mol. The topological polar surface area (TPSA) is 0 Å². The summed E-state index contributed by atoms with van der Waals surface area (Å²) in [4.78, 5) is 0.975. The van der Waals surface area contributed by atoms with Crippen molar-refractivity contribution in [2.45, 2.75) is 4.90 Å². The minimum atomic E-state index is -0.218. The maximum Gasteiger partial charge on any atom is 0.123 e. The predicted molar refractivity (Wildman–Crippen MR) is 47.3 cm³/mol. The van der Waals surface area contributed by atoms with Crippen LogP contribution in [0, 0.1) is 5.82 Å². The molecule has 1 aromatic rings. The van der Waals surface area contributed by atoms with E-state index < -0.39 is 0 Å². The summed E-state index contributed by atoms with van der Waals surface area (Å²) in [5, 5.41) is 1.73. The molecule has 0 unspecified atom stereocenters. The monoisotopic (exact) mass is 188 g/mol. The molecule has 0 radical (unpaired) electrons. The van der Waals surface area contributed by atoms with Crippen LogP contribution < -0.4 is 0 Å². The second-order valence-electron chi connectivity index (χ2n) is 1.83. The minimum absolute atomic E-state index is 0.218. The summed E-state index contributed by atoms with van der Waals surface area (Å²) in [5.41, 5.74) is 1.42. The zero-order chi connectivity index (χ0) is 8.10. The number of thioether (sulfide) groups is 1. The summed E-state index contributed by atoms with van der Waals surface area (Å²) in [5.74, 6) is -0.218. The average Bonchev–Trinajstić information content (AvgIpc) is 2.04. The molecule has 1 aromatic carbocycles. The summed E-state index contributed by atoms with van der Waals surface area (Å²) in [6.07, 6.45) is 0. The van der Waals surface area contributed by atoms with E-state index in [2.05, 4.69) is 0 Å². The van der Waals surface area contributed by atoms with Gasteiger partial charge in [-0.15, -0.1) is 0 Å². The molecule has 58 valence electrons. The average molecular weight is 189 g/mol. The summed E-state index contributed by atoms with van der Waals surface area (Å²) < 4.78 is 12.4. The highest BCUT2D eigenvalue weighted by Gasteiger charge is 1.90. The van der Waals surface area contributed by atoms with E-state index in [1.165, 1.54) is 29.4 Å². The summed E-state index contributed by atoms with van der Waals surface area (Å²) in [7, 11) is 0. The van der Waals surface area contributed by atoms with Crippen LogP contribution in [0.4, 0.5) is 4.39 Å². The van der Waals surface area contributed by atoms with Crippen LogP contribution in [0.3, 0.4) is 0 Å². The summed E-state index contributed by atoms with van der Waals surface area (Å²) in [6, 6.07) is 6.25. The fourth-order valence-electron chi connectivity index (χ4n) is 0.617. The fraction of sp³-hybridized carbons (Fsp3) is 0. The van der Waals surface area contributed by atoms with E-state index in [1.54, 1.807) is 17.5 Å². The molecule has 0 saturated carbocycles. The lowest BCUT2D eigenvalue weighted by Crippen LogP contribution is -1.71. The molecule has 0 N–H and O–H groups in total. The van der Waals surface area contributed by atoms with Gasteiger partial charge in [-0.1, -0.05) is 23.4 Å². The Hall–Kier alpha value is -0.470. The van der Waals surface area contributed by atoms with Gasteiger partial charge in [-0.25, -0.2) is 4.39 Å². The molecule has 0 atom stereocenters. The summed E-state index contributed by atoms with van der Waals surface area (Å²) >= 11 is 6.76. The van der Waals surface area contributed by atoms with Gasteiger partial charge in [0.1, 0.15) is 5.82 Å². The Labute approximate surface area is 74.1 Å². The highest BCUT2D eigenvalue weighted by molar-refractivity contribution is 8.02. The van der Waals surface area contributed by atoms with Crippen molar-refractivity contribution < 1.29 is 4.39 Å². The lowest BCUT2D eigenvalue weighted by atomic mass is 10.4. The van der Waals surface area contributed by atoms with Gasteiger partial charge in [-0.05, 0) is 29.7 Å². The third-order valence-corrected chi connectivity index (χ3v) is 2.16. The van der Waals surface area contributed by atoms with Gasteiger partial charge < -0.3 is 0 Å². The van der Waals surface area contributed by atoms with Crippen LogP contribution in [0.5, 0.6) is 0 Å². The van der Waals surface area contributed by atoms with Gasteiger partial charge in [0.25, 0.3) is 0 Å². The summed E-state index contributed by atoms with van der Waals surface area (Å²) in [6.45, 7) is 0. The molecule has 0 aliphatic heterocycles. The molecule has 0 amide bonds. The molecular formula is C8H6ClFS. The standard InChI is InChI=1S/C8H6ClFS/c9-5-6-11-8-3-1-7(10)2-4-8/h1-6H. The highest BCUT2D eigenvalue weighted by atomic mass is 35.5. The Morgan fingerprint density at radius 3 is 2.45 bits per heavy atom. The van der Waals surface area contributed by atoms with E-state index in [9.17, 15) is 4.39 Å². The van der Waals surface area contributed by atoms with Crippen molar-refractivity contribution in [1.29, 1.82) is 0 Å². The van der Waals surface area contributed by atoms with Gasteiger partial charge in [0.05, 0.1) is 0 Å². The van der Waals surface area contributed by atoms with Crippen LogP contribution >= 0.6 is 23.4 Å². The molecule has 0 fully saturated rings. The molecule has 0 aliphatic carbocycles. The van der Waals surface area contributed by atoms with Gasteiger partial charge in [0, 0.05) is 10.4 Å². The maximum absolute atomic E-state index is 12.4. The zero-order valence-corrected chi connectivity index (χ0v) is 7.20. The van der Waals surface area contributed by atoms with Gasteiger partial charge in [0.15, 0.2) is 0 Å². The number of hydrogen-bond donors (Lipinski definition) is 0. The van der Waals surface area contributed by atoms with Crippen LogP contribution in [0.1, 0.15) is 0 Å². The lowest BCUT2D eigenvalue weighted by Gasteiger charge is -1.93. The normalized spacial score (nSPS) is 10.7. The maximum atomic E-state index is 12.4. The third-order valence-electron chi connectivity index (χ3n) is 1.07. The third kappa shape index (κ3) is 2.95. The van der Waals surface area contributed by atoms with Gasteiger partial charge in [-0.3, -0.25) is 0 Å². The van der Waals surface area contributed by atoms with E-state index >= 15 is 0 Å². The Kier molecular flexibility index (Phi) is 3.46. The van der Waals surface area contributed by atoms with Gasteiger partial charge in [-0.2, -0.15) is 0 Å². The van der Waals surface area contributed by atoms with Crippen molar-refractivity contribution in [3.05, 3.63) is 41.0 Å². The van der Waals surface area contributed by atoms with Crippen LogP contribution in [0.15, 0.2) is 40.1 Å².